The molecular weight excluding hydrogens is 334 g/mol. The number of carbonyl (C=O) groups is 1. The largest absolute Gasteiger partial charge is 0.327 e. The molecule has 2 aromatic carbocycles. The van der Waals surface area contributed by atoms with Gasteiger partial charge in [0, 0.05) is 29.1 Å². The van der Waals surface area contributed by atoms with Gasteiger partial charge in [-0.05, 0) is 54.3 Å². The number of fused-ring (bicyclic) bond motifs is 1. The molecule has 3 rings (SSSR count). The quantitative estimate of drug-likeness (QED) is 0.875. The number of carbonyl (C=O) groups excluding carboxylic acids is 1. The van der Waals surface area contributed by atoms with Crippen molar-refractivity contribution >= 4 is 23.2 Å². The maximum Gasteiger partial charge on any atom is 0.225 e. The van der Waals surface area contributed by atoms with Crippen LogP contribution >= 0.6 is 11.6 Å². The summed E-state index contributed by atoms with van der Waals surface area (Å²) in [7, 11) is 0. The highest BCUT2D eigenvalue weighted by Crippen LogP contribution is 2.37. The fourth-order valence-electron chi connectivity index (χ4n) is 3.21. The van der Waals surface area contributed by atoms with Gasteiger partial charge in [-0.25, -0.2) is 8.78 Å². The minimum atomic E-state index is -0.878. The molecule has 0 spiro atoms. The van der Waals surface area contributed by atoms with Crippen LogP contribution in [0.3, 0.4) is 0 Å². The Labute approximate surface area is 143 Å². The van der Waals surface area contributed by atoms with Crippen LogP contribution in [0.25, 0.3) is 0 Å². The van der Waals surface area contributed by atoms with Gasteiger partial charge in [-0.1, -0.05) is 17.7 Å². The van der Waals surface area contributed by atoms with E-state index in [4.69, 9.17) is 17.3 Å². The highest BCUT2D eigenvalue weighted by Gasteiger charge is 2.30. The van der Waals surface area contributed by atoms with E-state index in [9.17, 15) is 13.6 Å². The van der Waals surface area contributed by atoms with Gasteiger partial charge in [0.25, 0.3) is 0 Å². The van der Waals surface area contributed by atoms with E-state index >= 15 is 0 Å². The van der Waals surface area contributed by atoms with Gasteiger partial charge in [-0.3, -0.25) is 4.79 Å². The Morgan fingerprint density at radius 1 is 1.29 bits per heavy atom. The molecule has 0 aromatic heterocycles. The van der Waals surface area contributed by atoms with Gasteiger partial charge in [-0.2, -0.15) is 0 Å². The third-order valence-electron chi connectivity index (χ3n) is 4.35. The Balaban J connectivity index is 1.67. The predicted octanol–water partition coefficient (Wildman–Crippen LogP) is 4.00. The van der Waals surface area contributed by atoms with Gasteiger partial charge >= 0.3 is 0 Å². The first-order valence-corrected chi connectivity index (χ1v) is 8.10. The van der Waals surface area contributed by atoms with Crippen LogP contribution in [-0.2, 0) is 11.2 Å². The lowest BCUT2D eigenvalue weighted by molar-refractivity contribution is -0.116. The standard InChI is InChI=1S/C18H17ClF2N2O/c19-11-2-1-3-12(7-11)23-18(24)9-17(22)13-5-4-10-6-15(20)16(21)8-14(10)13/h1-3,6-8,13,17H,4-5,9,22H2,(H,23,24)/t13-,17-/m0/s1. The van der Waals surface area contributed by atoms with E-state index in [1.807, 2.05) is 0 Å². The van der Waals surface area contributed by atoms with Crippen LogP contribution < -0.4 is 11.1 Å². The average Bonchev–Trinajstić information content (AvgIpc) is 2.90. The summed E-state index contributed by atoms with van der Waals surface area (Å²) >= 11 is 5.88. The van der Waals surface area contributed by atoms with Gasteiger partial charge in [0.15, 0.2) is 11.6 Å². The highest BCUT2D eigenvalue weighted by molar-refractivity contribution is 6.30. The normalized spacial score (nSPS) is 17.4. The molecule has 0 fully saturated rings. The minimum absolute atomic E-state index is 0.0929. The van der Waals surface area contributed by atoms with E-state index in [2.05, 4.69) is 5.32 Å². The summed E-state index contributed by atoms with van der Waals surface area (Å²) in [5.41, 5.74) is 8.23. The Morgan fingerprint density at radius 3 is 2.79 bits per heavy atom. The molecular formula is C18H17ClF2N2O. The van der Waals surface area contributed by atoms with Gasteiger partial charge in [0.05, 0.1) is 0 Å². The molecule has 0 saturated heterocycles. The van der Waals surface area contributed by atoms with Crippen molar-refractivity contribution in [3.8, 4) is 0 Å². The monoisotopic (exact) mass is 350 g/mol. The van der Waals surface area contributed by atoms with Crippen LogP contribution in [0.5, 0.6) is 0 Å². The van der Waals surface area contributed by atoms with Crippen LogP contribution in [0.15, 0.2) is 36.4 Å². The summed E-state index contributed by atoms with van der Waals surface area (Å²) in [4.78, 5) is 12.2. The molecule has 1 aliphatic carbocycles. The lowest BCUT2D eigenvalue weighted by Crippen LogP contribution is -2.32. The van der Waals surface area contributed by atoms with Crippen molar-refractivity contribution in [1.82, 2.24) is 0 Å². The SMILES string of the molecule is N[C@@H](CC(=O)Nc1cccc(Cl)c1)[C@H]1CCc2cc(F)c(F)cc21. The number of aryl methyl sites for hydroxylation is 1. The summed E-state index contributed by atoms with van der Waals surface area (Å²) < 4.78 is 26.8. The van der Waals surface area contributed by atoms with Crippen LogP contribution in [-0.4, -0.2) is 11.9 Å². The van der Waals surface area contributed by atoms with Crippen molar-refractivity contribution < 1.29 is 13.6 Å². The summed E-state index contributed by atoms with van der Waals surface area (Å²) in [6.45, 7) is 0. The molecule has 1 amide bonds. The lowest BCUT2D eigenvalue weighted by atomic mass is 9.91. The number of hydrogen-bond donors (Lipinski definition) is 2. The minimum Gasteiger partial charge on any atom is -0.327 e. The van der Waals surface area contributed by atoms with Crippen LogP contribution in [0, 0.1) is 11.6 Å². The Morgan fingerprint density at radius 2 is 2.04 bits per heavy atom. The molecule has 0 heterocycles. The summed E-state index contributed by atoms with van der Waals surface area (Å²) in [6.07, 6.45) is 1.42. The molecule has 2 aromatic rings. The Kier molecular flexibility index (Phi) is 4.83. The number of halogens is 3. The molecule has 3 nitrogen and oxygen atoms in total. The third-order valence-corrected chi connectivity index (χ3v) is 4.59. The second-order valence-corrected chi connectivity index (χ2v) is 6.47. The zero-order valence-corrected chi connectivity index (χ0v) is 13.6. The highest BCUT2D eigenvalue weighted by atomic mass is 35.5. The van der Waals surface area contributed by atoms with Gasteiger partial charge < -0.3 is 11.1 Å². The van der Waals surface area contributed by atoms with Crippen molar-refractivity contribution in [1.29, 1.82) is 0 Å². The number of nitrogens with two attached hydrogens (primary N) is 1. The molecule has 2 atom stereocenters. The van der Waals surface area contributed by atoms with E-state index in [1.165, 1.54) is 12.1 Å². The molecule has 0 saturated carbocycles. The summed E-state index contributed by atoms with van der Waals surface area (Å²) in [5.74, 6) is -2.11. The molecule has 0 aliphatic heterocycles. The van der Waals surface area contributed by atoms with Crippen molar-refractivity contribution in [2.24, 2.45) is 5.73 Å². The topological polar surface area (TPSA) is 55.1 Å². The smallest absolute Gasteiger partial charge is 0.225 e. The first-order valence-electron chi connectivity index (χ1n) is 7.73. The number of nitrogens with one attached hydrogen (secondary N) is 1. The molecule has 1 aliphatic rings. The first-order chi connectivity index (χ1) is 11.4. The average molecular weight is 351 g/mol. The number of hydrogen-bond acceptors (Lipinski definition) is 2. The second kappa shape index (κ2) is 6.87. The van der Waals surface area contributed by atoms with Crippen molar-refractivity contribution in [2.75, 3.05) is 5.32 Å². The summed E-state index contributed by atoms with van der Waals surface area (Å²) in [6, 6.07) is 8.80. The first kappa shape index (κ1) is 16.9. The molecule has 6 heteroatoms. The molecule has 3 N–H and O–H groups in total. The number of anilines is 1. The van der Waals surface area contributed by atoms with E-state index in [-0.39, 0.29) is 18.2 Å². The predicted molar refractivity (Wildman–Crippen MR) is 90.1 cm³/mol. The van der Waals surface area contributed by atoms with Crippen LogP contribution in [0.1, 0.15) is 29.9 Å². The maximum absolute atomic E-state index is 13.5. The molecule has 0 bridgehead atoms. The Bertz CT molecular complexity index is 782. The van der Waals surface area contributed by atoms with E-state index < -0.39 is 17.7 Å². The number of rotatable bonds is 4. The van der Waals surface area contributed by atoms with Crippen molar-refractivity contribution in [3.05, 3.63) is 64.2 Å². The van der Waals surface area contributed by atoms with E-state index in [0.717, 1.165) is 5.56 Å². The van der Waals surface area contributed by atoms with Crippen molar-refractivity contribution in [3.63, 3.8) is 0 Å². The zero-order valence-electron chi connectivity index (χ0n) is 12.9. The van der Waals surface area contributed by atoms with E-state index in [0.29, 0.717) is 29.1 Å². The molecule has 126 valence electrons. The Hall–Kier alpha value is -1.98. The van der Waals surface area contributed by atoms with Gasteiger partial charge in [-0.15, -0.1) is 0 Å². The molecule has 0 radical (unpaired) electrons. The second-order valence-electron chi connectivity index (χ2n) is 6.04. The van der Waals surface area contributed by atoms with Crippen LogP contribution in [0.2, 0.25) is 5.02 Å². The molecule has 24 heavy (non-hydrogen) atoms. The maximum atomic E-state index is 13.5. The fourth-order valence-corrected chi connectivity index (χ4v) is 3.40. The fraction of sp³-hybridized carbons (Fsp3) is 0.278. The lowest BCUT2D eigenvalue weighted by Gasteiger charge is -2.20. The summed E-state index contributed by atoms with van der Waals surface area (Å²) in [5, 5.41) is 3.27. The zero-order chi connectivity index (χ0) is 17.3. The van der Waals surface area contributed by atoms with Gasteiger partial charge in [0.1, 0.15) is 0 Å². The van der Waals surface area contributed by atoms with Gasteiger partial charge in [0.2, 0.25) is 5.91 Å². The van der Waals surface area contributed by atoms with E-state index in [1.54, 1.807) is 24.3 Å². The number of benzene rings is 2. The van der Waals surface area contributed by atoms with Crippen molar-refractivity contribution in [2.45, 2.75) is 31.2 Å². The van der Waals surface area contributed by atoms with Crippen LogP contribution in [0.4, 0.5) is 14.5 Å². The third kappa shape index (κ3) is 3.57. The number of amides is 1. The molecule has 0 unspecified atom stereocenters.